The second-order valence-corrected chi connectivity index (χ2v) is 4.98. The highest BCUT2D eigenvalue weighted by atomic mass is 127. The number of nitrogens with one attached hydrogen (secondary N) is 1. The van der Waals surface area contributed by atoms with Gasteiger partial charge in [0.1, 0.15) is 12.9 Å². The first-order chi connectivity index (χ1) is 10.1. The minimum atomic E-state index is -0.419. The van der Waals surface area contributed by atoms with E-state index in [-0.39, 0.29) is 12.5 Å². The molecule has 0 radical (unpaired) electrons. The molecule has 0 spiro atoms. The van der Waals surface area contributed by atoms with Gasteiger partial charge in [0.2, 0.25) is 11.8 Å². The molecule has 20 heavy (non-hydrogen) atoms. The Morgan fingerprint density at radius 1 is 1.60 bits per heavy atom. The molecule has 3 aromatic heterocycles. The zero-order chi connectivity index (χ0) is 15.0. The molecule has 0 aliphatic rings. The Balaban J connectivity index is 1.90. The summed E-state index contributed by atoms with van der Waals surface area (Å²) in [6.45, 7) is 0.129. The van der Waals surface area contributed by atoms with Gasteiger partial charge in [0.05, 0.1) is 9.13 Å². The summed E-state index contributed by atoms with van der Waals surface area (Å²) < 4.78 is 21.0. The highest BCUT2D eigenvalue weighted by Gasteiger charge is 2.19. The SMILES string of the molecule is [3H]n1ccc(OCc2c(I)coc2-n2nnn(C)c2=O)n1. The van der Waals surface area contributed by atoms with Crippen LogP contribution in [-0.4, -0.2) is 30.0 Å². The van der Waals surface area contributed by atoms with E-state index in [2.05, 4.69) is 38.1 Å². The van der Waals surface area contributed by atoms with Gasteiger partial charge in [-0.25, -0.2) is 4.79 Å². The van der Waals surface area contributed by atoms with Gasteiger partial charge in [-0.3, -0.25) is 5.09 Å². The number of halogens is 1. The van der Waals surface area contributed by atoms with Crippen LogP contribution in [0.15, 0.2) is 27.7 Å². The van der Waals surface area contributed by atoms with Crippen LogP contribution in [0.3, 0.4) is 0 Å². The van der Waals surface area contributed by atoms with E-state index in [0.29, 0.717) is 11.4 Å². The molecule has 10 heteroatoms. The average molecular weight is 390 g/mol. The predicted molar refractivity (Wildman–Crippen MR) is 74.5 cm³/mol. The molecular formula is C10H9IN6O3. The largest absolute Gasteiger partial charge is 0.471 e. The molecule has 3 heterocycles. The number of tetrazole rings is 1. The van der Waals surface area contributed by atoms with Gasteiger partial charge in [0.15, 0.2) is 1.41 Å². The second kappa shape index (κ2) is 5.11. The normalized spacial score (nSPS) is 11.6. The lowest BCUT2D eigenvalue weighted by Crippen LogP contribution is -2.22. The van der Waals surface area contributed by atoms with Crippen molar-refractivity contribution in [1.82, 2.24) is 30.0 Å². The van der Waals surface area contributed by atoms with E-state index in [1.165, 1.54) is 19.5 Å². The van der Waals surface area contributed by atoms with Crippen LogP contribution in [0.1, 0.15) is 5.56 Å². The van der Waals surface area contributed by atoms with Crippen molar-refractivity contribution < 1.29 is 10.6 Å². The molecule has 3 aromatic rings. The second-order valence-electron chi connectivity index (χ2n) is 3.82. The molecule has 0 unspecified atom stereocenters. The van der Waals surface area contributed by atoms with E-state index in [9.17, 15) is 4.79 Å². The Morgan fingerprint density at radius 2 is 2.45 bits per heavy atom. The number of nitrogens with zero attached hydrogens (tertiary/aromatic N) is 5. The molecule has 0 aliphatic carbocycles. The van der Waals surface area contributed by atoms with Crippen LogP contribution in [0.2, 0.25) is 1.41 Å². The summed E-state index contributed by atoms with van der Waals surface area (Å²) in [7, 11) is 1.50. The summed E-state index contributed by atoms with van der Waals surface area (Å²) in [5.74, 6) is 0.558. The van der Waals surface area contributed by atoms with Gasteiger partial charge in [-0.15, -0.1) is 9.78 Å². The number of hydrogen-bond acceptors (Lipinski definition) is 6. The lowest BCUT2D eigenvalue weighted by atomic mass is 10.3. The smallest absolute Gasteiger partial charge is 0.370 e. The maximum atomic E-state index is 11.9. The van der Waals surface area contributed by atoms with E-state index in [1.54, 1.807) is 6.07 Å². The fourth-order valence-corrected chi connectivity index (χ4v) is 2.06. The molecule has 0 saturated heterocycles. The van der Waals surface area contributed by atoms with Crippen molar-refractivity contribution in [2.24, 2.45) is 7.05 Å². The topological polar surface area (TPSA) is 104 Å². The Hall–Kier alpha value is -2.11. The van der Waals surface area contributed by atoms with Crippen molar-refractivity contribution in [1.29, 1.82) is 0 Å². The lowest BCUT2D eigenvalue weighted by molar-refractivity contribution is 0.290. The van der Waals surface area contributed by atoms with Gasteiger partial charge >= 0.3 is 5.69 Å². The predicted octanol–water partition coefficient (Wildman–Crippen LogP) is 0.466. The van der Waals surface area contributed by atoms with Gasteiger partial charge in [0.25, 0.3) is 0 Å². The number of aromatic amines is 1. The Labute approximate surface area is 127 Å². The molecule has 0 amide bonds. The maximum absolute atomic E-state index is 11.9. The number of aryl methyl sites for hydroxylation is 1. The van der Waals surface area contributed by atoms with Crippen molar-refractivity contribution in [3.05, 3.63) is 38.1 Å². The summed E-state index contributed by atoms with van der Waals surface area (Å²) in [5, 5.41) is 12.1. The minimum Gasteiger partial charge on any atom is -0.471 e. The Morgan fingerprint density at radius 3 is 3.10 bits per heavy atom. The third-order valence-corrected chi connectivity index (χ3v) is 3.44. The zero-order valence-corrected chi connectivity index (χ0v) is 12.4. The maximum Gasteiger partial charge on any atom is 0.370 e. The van der Waals surface area contributed by atoms with Gasteiger partial charge < -0.3 is 9.15 Å². The number of ether oxygens (including phenoxy) is 1. The molecule has 1 N–H and O–H groups in total. The summed E-state index contributed by atoms with van der Waals surface area (Å²) >= 11 is 2.07. The number of aromatic nitrogens is 6. The molecule has 0 aliphatic heterocycles. The summed E-state index contributed by atoms with van der Waals surface area (Å²) in [5.41, 5.74) is 0.232. The molecular weight excluding hydrogens is 379 g/mol. The highest BCUT2D eigenvalue weighted by molar-refractivity contribution is 14.1. The summed E-state index contributed by atoms with van der Waals surface area (Å²) in [4.78, 5) is 11.9. The van der Waals surface area contributed by atoms with Crippen LogP contribution in [0.4, 0.5) is 0 Å². The summed E-state index contributed by atoms with van der Waals surface area (Å²) in [6, 6.07) is 1.56. The molecule has 9 nitrogen and oxygen atoms in total. The Bertz CT molecular complexity index is 834. The lowest BCUT2D eigenvalue weighted by Gasteiger charge is -2.03. The third kappa shape index (κ3) is 2.21. The van der Waals surface area contributed by atoms with Crippen molar-refractivity contribution in [2.45, 2.75) is 6.61 Å². The van der Waals surface area contributed by atoms with E-state index in [4.69, 9.17) is 10.6 Å². The van der Waals surface area contributed by atoms with Gasteiger partial charge in [0, 0.05) is 19.3 Å². The molecule has 104 valence electrons. The van der Waals surface area contributed by atoms with E-state index < -0.39 is 5.69 Å². The first kappa shape index (κ1) is 11.7. The number of furan rings is 1. The van der Waals surface area contributed by atoms with Crippen molar-refractivity contribution in [3.8, 4) is 11.8 Å². The number of H-pyrrole nitrogens is 1. The van der Waals surface area contributed by atoms with Crippen molar-refractivity contribution >= 4 is 22.6 Å². The number of hydrogen-bond donors (Lipinski definition) is 1. The standard InChI is InChI=1S/C10H9IN6O3/c1-16-10(18)17(15-14-16)9-6(7(11)5-20-9)4-19-8-2-3-12-13-8/h2-3,5H,4H2,1H3,(H,12,13)/i/hT. The molecule has 0 saturated carbocycles. The highest BCUT2D eigenvalue weighted by Crippen LogP contribution is 2.23. The zero-order valence-electron chi connectivity index (χ0n) is 11.2. The van der Waals surface area contributed by atoms with Crippen molar-refractivity contribution in [2.75, 3.05) is 0 Å². The molecule has 0 aromatic carbocycles. The van der Waals surface area contributed by atoms with Crippen molar-refractivity contribution in [3.63, 3.8) is 0 Å². The molecule has 0 bridgehead atoms. The van der Waals surface area contributed by atoms with Crippen LogP contribution in [-0.2, 0) is 13.7 Å². The fourth-order valence-electron chi connectivity index (χ4n) is 1.55. The Kier molecular flexibility index (Phi) is 2.99. The average Bonchev–Trinajstić information content (AvgIpc) is 3.11. The van der Waals surface area contributed by atoms with Gasteiger partial charge in [-0.05, 0) is 33.0 Å². The first-order valence-corrected chi connectivity index (χ1v) is 6.57. The first-order valence-electron chi connectivity index (χ1n) is 5.94. The van der Waals surface area contributed by atoms with Gasteiger partial charge in [-0.1, -0.05) is 0 Å². The van der Waals surface area contributed by atoms with Crippen LogP contribution in [0.25, 0.3) is 5.88 Å². The molecule has 3 rings (SSSR count). The number of rotatable bonds is 4. The fraction of sp³-hybridized carbons (Fsp3) is 0.200. The van der Waals surface area contributed by atoms with Crippen LogP contribution in [0.5, 0.6) is 5.88 Å². The van der Waals surface area contributed by atoms with E-state index in [1.807, 2.05) is 0 Å². The van der Waals surface area contributed by atoms with Crippen LogP contribution in [0, 0.1) is 3.57 Å². The van der Waals surface area contributed by atoms with Gasteiger partial charge in [-0.2, -0.15) is 4.68 Å². The third-order valence-electron chi connectivity index (χ3n) is 2.54. The monoisotopic (exact) mass is 390 g/mol. The van der Waals surface area contributed by atoms with Crippen LogP contribution < -0.4 is 10.4 Å². The summed E-state index contributed by atoms with van der Waals surface area (Å²) in [6.07, 6.45) is 2.95. The quantitative estimate of drug-likeness (QED) is 0.650. The molecule has 0 fully saturated rings. The van der Waals surface area contributed by atoms with E-state index >= 15 is 0 Å². The molecule has 0 atom stereocenters. The van der Waals surface area contributed by atoms with E-state index in [0.717, 1.165) is 18.0 Å². The van der Waals surface area contributed by atoms with Crippen LogP contribution >= 0.6 is 22.6 Å². The minimum absolute atomic E-state index is 0.129.